The number of hydrogen-bond donors (Lipinski definition) is 2. The van der Waals surface area contributed by atoms with Gasteiger partial charge in [-0.2, -0.15) is 4.98 Å². The van der Waals surface area contributed by atoms with E-state index in [9.17, 15) is 9.59 Å². The van der Waals surface area contributed by atoms with Crippen LogP contribution in [0.1, 0.15) is 85.2 Å². The number of pyridine rings is 1. The summed E-state index contributed by atoms with van der Waals surface area (Å²) in [5, 5.41) is 7.62. The molecule has 1 saturated carbocycles. The van der Waals surface area contributed by atoms with E-state index in [1.165, 1.54) is 25.7 Å². The first-order chi connectivity index (χ1) is 18.1. The second-order valence-electron chi connectivity index (χ2n) is 10.6. The zero-order chi connectivity index (χ0) is 25.4. The van der Waals surface area contributed by atoms with Gasteiger partial charge in [-0.25, -0.2) is 9.97 Å². The molecular formula is C28H35N7O2. The van der Waals surface area contributed by atoms with Gasteiger partial charge in [-0.15, -0.1) is 0 Å². The molecule has 1 aliphatic carbocycles. The second kappa shape index (κ2) is 10.2. The molecule has 3 fully saturated rings. The van der Waals surface area contributed by atoms with Crippen molar-refractivity contribution < 1.29 is 9.59 Å². The van der Waals surface area contributed by atoms with E-state index in [4.69, 9.17) is 4.98 Å². The molecule has 194 valence electrons. The predicted molar refractivity (Wildman–Crippen MR) is 142 cm³/mol. The lowest BCUT2D eigenvalue weighted by Crippen LogP contribution is -2.41. The number of amides is 1. The molecule has 9 heteroatoms. The van der Waals surface area contributed by atoms with Gasteiger partial charge >= 0.3 is 0 Å². The van der Waals surface area contributed by atoms with Crippen molar-refractivity contribution in [3.63, 3.8) is 0 Å². The van der Waals surface area contributed by atoms with E-state index < -0.39 is 0 Å². The molecule has 0 unspecified atom stereocenters. The lowest BCUT2D eigenvalue weighted by Gasteiger charge is -2.24. The summed E-state index contributed by atoms with van der Waals surface area (Å²) in [5.74, 6) is 1.86. The van der Waals surface area contributed by atoms with Crippen LogP contribution in [0.3, 0.4) is 0 Å². The SMILES string of the molecule is CCC(=O)c1cc2cnc(Nc3ccc(C(=O)N4CCC[C@@H]5CCN[C@@H]5C4)cn3)nc2n1C1CCCC1. The maximum atomic E-state index is 13.2. The first kappa shape index (κ1) is 24.0. The Kier molecular flexibility index (Phi) is 6.63. The summed E-state index contributed by atoms with van der Waals surface area (Å²) in [4.78, 5) is 41.6. The van der Waals surface area contributed by atoms with Crippen LogP contribution in [-0.2, 0) is 0 Å². The van der Waals surface area contributed by atoms with Gasteiger partial charge in [-0.05, 0) is 62.8 Å². The molecule has 0 radical (unpaired) electrons. The van der Waals surface area contributed by atoms with Gasteiger partial charge < -0.3 is 20.1 Å². The normalized spacial score (nSPS) is 22.2. The number of aromatic nitrogens is 4. The molecule has 37 heavy (non-hydrogen) atoms. The summed E-state index contributed by atoms with van der Waals surface area (Å²) in [6.07, 6.45) is 11.8. The zero-order valence-corrected chi connectivity index (χ0v) is 21.4. The molecule has 2 atom stereocenters. The highest BCUT2D eigenvalue weighted by atomic mass is 16.2. The molecule has 2 aliphatic heterocycles. The number of ketones is 1. The fourth-order valence-electron chi connectivity index (χ4n) is 6.33. The van der Waals surface area contributed by atoms with Crippen molar-refractivity contribution in [3.8, 4) is 0 Å². The Hall–Kier alpha value is -3.33. The molecule has 9 nitrogen and oxygen atoms in total. The Morgan fingerprint density at radius 2 is 1.95 bits per heavy atom. The van der Waals surface area contributed by atoms with Crippen molar-refractivity contribution >= 4 is 34.5 Å². The van der Waals surface area contributed by atoms with E-state index in [1.54, 1.807) is 18.5 Å². The molecule has 0 spiro atoms. The van der Waals surface area contributed by atoms with Crippen molar-refractivity contribution in [2.75, 3.05) is 25.0 Å². The van der Waals surface area contributed by atoms with Crippen LogP contribution in [0.4, 0.5) is 11.8 Å². The standard InChI is InChI=1S/C28H35N7O2/c1-2-24(36)23-14-20-16-31-28(33-26(20)35(23)21-7-3-4-8-21)32-25-10-9-19(15-30-25)27(37)34-13-5-6-18-11-12-29-22(18)17-34/h9-10,14-16,18,21-22,29H,2-8,11-13,17H2,1H3,(H,30,31,32,33)/t18-,22-/m1/s1. The highest BCUT2D eigenvalue weighted by Crippen LogP contribution is 2.35. The second-order valence-corrected chi connectivity index (χ2v) is 10.6. The van der Waals surface area contributed by atoms with Gasteiger partial charge in [-0.1, -0.05) is 19.8 Å². The molecule has 3 aliphatic rings. The van der Waals surface area contributed by atoms with Crippen LogP contribution in [0.2, 0.25) is 0 Å². The van der Waals surface area contributed by atoms with Gasteiger partial charge in [0.1, 0.15) is 11.5 Å². The topological polar surface area (TPSA) is 105 Å². The molecular weight excluding hydrogens is 466 g/mol. The Morgan fingerprint density at radius 1 is 1.08 bits per heavy atom. The van der Waals surface area contributed by atoms with E-state index >= 15 is 0 Å². The predicted octanol–water partition coefficient (Wildman–Crippen LogP) is 4.49. The Balaban J connectivity index is 1.20. The lowest BCUT2D eigenvalue weighted by molar-refractivity contribution is 0.0749. The fourth-order valence-corrected chi connectivity index (χ4v) is 6.33. The fraction of sp³-hybridized carbons (Fsp3) is 0.536. The Bertz CT molecular complexity index is 1300. The largest absolute Gasteiger partial charge is 0.337 e. The highest BCUT2D eigenvalue weighted by Gasteiger charge is 2.32. The van der Waals surface area contributed by atoms with Crippen LogP contribution < -0.4 is 10.6 Å². The number of nitrogens with one attached hydrogen (secondary N) is 2. The van der Waals surface area contributed by atoms with E-state index in [0.29, 0.717) is 41.8 Å². The summed E-state index contributed by atoms with van der Waals surface area (Å²) in [6.45, 7) is 4.51. The quantitative estimate of drug-likeness (QED) is 0.480. The summed E-state index contributed by atoms with van der Waals surface area (Å²) >= 11 is 0. The van der Waals surface area contributed by atoms with Crippen molar-refractivity contribution in [1.29, 1.82) is 0 Å². The highest BCUT2D eigenvalue weighted by molar-refractivity contribution is 5.99. The molecule has 0 aromatic carbocycles. The van der Waals surface area contributed by atoms with E-state index in [1.807, 2.05) is 24.0 Å². The zero-order valence-electron chi connectivity index (χ0n) is 21.4. The number of fused-ring (bicyclic) bond motifs is 2. The van der Waals surface area contributed by atoms with Crippen molar-refractivity contribution in [2.45, 2.75) is 70.4 Å². The van der Waals surface area contributed by atoms with Crippen molar-refractivity contribution in [3.05, 3.63) is 41.9 Å². The van der Waals surface area contributed by atoms with Crippen molar-refractivity contribution in [2.24, 2.45) is 5.92 Å². The van der Waals surface area contributed by atoms with Gasteiger partial charge in [0.15, 0.2) is 5.78 Å². The first-order valence-corrected chi connectivity index (χ1v) is 13.8. The number of Topliss-reactive ketones (excluding diaryl/α,β-unsaturated/α-hetero) is 1. The average molecular weight is 502 g/mol. The number of likely N-dealkylation sites (tertiary alicyclic amines) is 1. The van der Waals surface area contributed by atoms with E-state index in [0.717, 1.165) is 55.6 Å². The summed E-state index contributed by atoms with van der Waals surface area (Å²) in [7, 11) is 0. The molecule has 3 aromatic heterocycles. The lowest BCUT2D eigenvalue weighted by atomic mass is 9.97. The molecule has 0 bridgehead atoms. The van der Waals surface area contributed by atoms with E-state index in [-0.39, 0.29) is 11.7 Å². The summed E-state index contributed by atoms with van der Waals surface area (Å²) < 4.78 is 2.13. The molecule has 2 saturated heterocycles. The molecule has 5 heterocycles. The van der Waals surface area contributed by atoms with Crippen LogP contribution in [0.25, 0.3) is 11.0 Å². The third-order valence-corrected chi connectivity index (χ3v) is 8.32. The maximum absolute atomic E-state index is 13.2. The number of hydrogen-bond acceptors (Lipinski definition) is 7. The Labute approximate surface area is 217 Å². The average Bonchev–Trinajstić information content (AvgIpc) is 3.66. The van der Waals surface area contributed by atoms with Crippen LogP contribution in [0, 0.1) is 5.92 Å². The van der Waals surface area contributed by atoms with Gasteiger partial charge in [0, 0.05) is 49.4 Å². The third-order valence-electron chi connectivity index (χ3n) is 8.32. The number of carbonyl (C=O) groups excluding carboxylic acids is 2. The van der Waals surface area contributed by atoms with Gasteiger partial charge in [-0.3, -0.25) is 9.59 Å². The van der Waals surface area contributed by atoms with Crippen LogP contribution in [0.15, 0.2) is 30.6 Å². The summed E-state index contributed by atoms with van der Waals surface area (Å²) in [6, 6.07) is 6.25. The smallest absolute Gasteiger partial charge is 0.255 e. The Morgan fingerprint density at radius 3 is 2.73 bits per heavy atom. The number of carbonyl (C=O) groups is 2. The molecule has 1 amide bonds. The monoisotopic (exact) mass is 501 g/mol. The molecule has 3 aromatic rings. The van der Waals surface area contributed by atoms with Gasteiger partial charge in [0.05, 0.1) is 11.3 Å². The number of nitrogens with zero attached hydrogens (tertiary/aromatic N) is 5. The number of anilines is 2. The summed E-state index contributed by atoms with van der Waals surface area (Å²) in [5.41, 5.74) is 2.11. The van der Waals surface area contributed by atoms with Crippen LogP contribution in [0.5, 0.6) is 0 Å². The van der Waals surface area contributed by atoms with Gasteiger partial charge in [0.25, 0.3) is 5.91 Å². The van der Waals surface area contributed by atoms with Crippen LogP contribution >= 0.6 is 0 Å². The van der Waals surface area contributed by atoms with Crippen molar-refractivity contribution in [1.82, 2.24) is 29.7 Å². The molecule has 2 N–H and O–H groups in total. The minimum Gasteiger partial charge on any atom is -0.337 e. The third kappa shape index (κ3) is 4.72. The minimum atomic E-state index is 0.0357. The van der Waals surface area contributed by atoms with Crippen LogP contribution in [-0.4, -0.2) is 61.8 Å². The first-order valence-electron chi connectivity index (χ1n) is 13.8. The minimum absolute atomic E-state index is 0.0357. The van der Waals surface area contributed by atoms with Gasteiger partial charge in [0.2, 0.25) is 5.95 Å². The van der Waals surface area contributed by atoms with E-state index in [2.05, 4.69) is 25.2 Å². The molecule has 6 rings (SSSR count). The number of rotatable bonds is 6. The maximum Gasteiger partial charge on any atom is 0.255 e.